The molecule has 0 saturated carbocycles. The molecule has 1 aliphatic rings. The van der Waals surface area contributed by atoms with Gasteiger partial charge in [0.1, 0.15) is 0 Å². The standard InChI is InChI=1S/C23H27N3O3S2/c1-16-14-20-21(15-17(16)2)30-23(25(20)3)24-22(27)18-8-10-19(11-9-18)31(28,29)26-12-6-4-5-7-13-26/h8-11,14-15H,4-7,12-13H2,1-3H3. The van der Waals surface area contributed by atoms with Gasteiger partial charge >= 0.3 is 0 Å². The molecule has 3 aromatic rings. The SMILES string of the molecule is Cc1cc2sc(=NC(=O)c3ccc(S(=O)(=O)N4CCCCCC4)cc3)n(C)c2cc1C. The number of thiazole rings is 1. The van der Waals surface area contributed by atoms with Crippen LogP contribution in [-0.4, -0.2) is 36.3 Å². The molecule has 0 atom stereocenters. The van der Waals surface area contributed by atoms with Crippen molar-refractivity contribution in [3.8, 4) is 0 Å². The summed E-state index contributed by atoms with van der Waals surface area (Å²) < 4.78 is 30.4. The van der Waals surface area contributed by atoms with Crippen LogP contribution in [0.3, 0.4) is 0 Å². The van der Waals surface area contributed by atoms with Gasteiger partial charge in [-0.2, -0.15) is 9.30 Å². The highest BCUT2D eigenvalue weighted by Gasteiger charge is 2.25. The number of aromatic nitrogens is 1. The van der Waals surface area contributed by atoms with Gasteiger partial charge in [0.05, 0.1) is 15.1 Å². The first-order valence-corrected chi connectivity index (χ1v) is 12.8. The second-order valence-electron chi connectivity index (χ2n) is 8.11. The van der Waals surface area contributed by atoms with Crippen LogP contribution in [0.4, 0.5) is 0 Å². The predicted molar refractivity (Wildman–Crippen MR) is 124 cm³/mol. The van der Waals surface area contributed by atoms with E-state index in [0.29, 0.717) is 23.5 Å². The third-order valence-corrected chi connectivity index (χ3v) is 8.93. The zero-order valence-electron chi connectivity index (χ0n) is 18.1. The first-order valence-electron chi connectivity index (χ1n) is 10.5. The summed E-state index contributed by atoms with van der Waals surface area (Å²) in [5, 5.41) is 0. The first kappa shape index (κ1) is 21.9. The third kappa shape index (κ3) is 4.37. The van der Waals surface area contributed by atoms with Crippen LogP contribution in [0.1, 0.15) is 47.2 Å². The van der Waals surface area contributed by atoms with Gasteiger partial charge in [0.2, 0.25) is 10.0 Å². The molecule has 6 nitrogen and oxygen atoms in total. The van der Waals surface area contributed by atoms with Gasteiger partial charge in [0.25, 0.3) is 5.91 Å². The first-order chi connectivity index (χ1) is 14.8. The molecule has 4 rings (SSSR count). The van der Waals surface area contributed by atoms with Crippen LogP contribution < -0.4 is 4.80 Å². The molecule has 0 spiro atoms. The Morgan fingerprint density at radius 3 is 2.23 bits per heavy atom. The number of hydrogen-bond acceptors (Lipinski definition) is 4. The molecule has 0 aliphatic carbocycles. The van der Waals surface area contributed by atoms with E-state index in [9.17, 15) is 13.2 Å². The molecule has 164 valence electrons. The van der Waals surface area contributed by atoms with Gasteiger partial charge in [0.15, 0.2) is 4.80 Å². The number of rotatable bonds is 3. The molecule has 2 heterocycles. The lowest BCUT2D eigenvalue weighted by molar-refractivity contribution is 0.0998. The maximum absolute atomic E-state index is 12.9. The van der Waals surface area contributed by atoms with Gasteiger partial charge in [-0.15, -0.1) is 0 Å². The summed E-state index contributed by atoms with van der Waals surface area (Å²) in [6, 6.07) is 10.4. The van der Waals surface area contributed by atoms with Gasteiger partial charge in [-0.25, -0.2) is 8.42 Å². The summed E-state index contributed by atoms with van der Waals surface area (Å²) >= 11 is 1.47. The average molecular weight is 458 g/mol. The molecule has 1 fully saturated rings. The number of benzene rings is 2. The maximum Gasteiger partial charge on any atom is 0.279 e. The quantitative estimate of drug-likeness (QED) is 0.593. The van der Waals surface area contributed by atoms with Crippen LogP contribution >= 0.6 is 11.3 Å². The normalized spacial score (nSPS) is 16.5. The second kappa shape index (κ2) is 8.68. The average Bonchev–Trinajstić information content (AvgIpc) is 2.94. The highest BCUT2D eigenvalue weighted by Crippen LogP contribution is 2.22. The molecule has 1 aromatic heterocycles. The number of sulfonamides is 1. The number of fused-ring (bicyclic) bond motifs is 1. The largest absolute Gasteiger partial charge is 0.319 e. The number of hydrogen-bond donors (Lipinski definition) is 0. The molecule has 8 heteroatoms. The molecule has 0 N–H and O–H groups in total. The zero-order valence-corrected chi connectivity index (χ0v) is 19.7. The van der Waals surface area contributed by atoms with Crippen molar-refractivity contribution in [3.05, 3.63) is 57.9 Å². The second-order valence-corrected chi connectivity index (χ2v) is 11.1. The molecular weight excluding hydrogens is 430 g/mol. The van der Waals surface area contributed by atoms with Gasteiger partial charge < -0.3 is 4.57 Å². The van der Waals surface area contributed by atoms with Crippen LogP contribution in [-0.2, 0) is 17.1 Å². The van der Waals surface area contributed by atoms with Gasteiger partial charge in [-0.05, 0) is 74.2 Å². The Morgan fingerprint density at radius 1 is 0.968 bits per heavy atom. The Morgan fingerprint density at radius 2 is 1.58 bits per heavy atom. The number of amides is 1. The Balaban J connectivity index is 1.62. The summed E-state index contributed by atoms with van der Waals surface area (Å²) in [4.78, 5) is 17.9. The summed E-state index contributed by atoms with van der Waals surface area (Å²) in [6.45, 7) is 5.24. The van der Waals surface area contributed by atoms with E-state index in [0.717, 1.165) is 35.9 Å². The van der Waals surface area contributed by atoms with Crippen molar-refractivity contribution in [2.24, 2.45) is 12.0 Å². The molecule has 0 radical (unpaired) electrons. The Bertz CT molecular complexity index is 1290. The van der Waals surface area contributed by atoms with Gasteiger partial charge in [0, 0.05) is 25.7 Å². The lowest BCUT2D eigenvalue weighted by Gasteiger charge is -2.19. The molecule has 1 aliphatic heterocycles. The van der Waals surface area contributed by atoms with Gasteiger partial charge in [-0.3, -0.25) is 4.79 Å². The van der Waals surface area contributed by atoms with E-state index in [2.05, 4.69) is 31.0 Å². The minimum absolute atomic E-state index is 0.226. The van der Waals surface area contributed by atoms with E-state index in [1.807, 2.05) is 11.6 Å². The van der Waals surface area contributed by atoms with Crippen molar-refractivity contribution in [1.29, 1.82) is 0 Å². The van der Waals surface area contributed by atoms with Crippen LogP contribution in [0.25, 0.3) is 10.2 Å². The summed E-state index contributed by atoms with van der Waals surface area (Å²) in [6.07, 6.45) is 3.91. The van der Waals surface area contributed by atoms with Crippen molar-refractivity contribution < 1.29 is 13.2 Å². The van der Waals surface area contributed by atoms with Crippen LogP contribution in [0, 0.1) is 13.8 Å². The fourth-order valence-electron chi connectivity index (χ4n) is 3.84. The molecule has 1 saturated heterocycles. The molecule has 2 aromatic carbocycles. The smallest absolute Gasteiger partial charge is 0.279 e. The third-order valence-electron chi connectivity index (χ3n) is 5.93. The fraction of sp³-hybridized carbons (Fsp3) is 0.391. The van der Waals surface area contributed by atoms with Crippen LogP contribution in [0.2, 0.25) is 0 Å². The summed E-state index contributed by atoms with van der Waals surface area (Å²) in [5.74, 6) is -0.380. The van der Waals surface area contributed by atoms with Crippen molar-refractivity contribution in [2.75, 3.05) is 13.1 Å². The lowest BCUT2D eigenvalue weighted by Crippen LogP contribution is -2.31. The van der Waals surface area contributed by atoms with Crippen molar-refractivity contribution >= 4 is 37.5 Å². The Kier molecular flexibility index (Phi) is 6.14. The van der Waals surface area contributed by atoms with E-state index < -0.39 is 10.0 Å². The number of carbonyl (C=O) groups is 1. The maximum atomic E-state index is 12.9. The van der Waals surface area contributed by atoms with Crippen molar-refractivity contribution in [3.63, 3.8) is 0 Å². The minimum Gasteiger partial charge on any atom is -0.319 e. The van der Waals surface area contributed by atoms with E-state index in [-0.39, 0.29) is 10.8 Å². The number of aryl methyl sites for hydroxylation is 3. The van der Waals surface area contributed by atoms with Crippen LogP contribution in [0.15, 0.2) is 46.3 Å². The van der Waals surface area contributed by atoms with Crippen molar-refractivity contribution in [2.45, 2.75) is 44.4 Å². The highest BCUT2D eigenvalue weighted by atomic mass is 32.2. The molecule has 1 amide bonds. The Hall–Kier alpha value is -2.29. The van der Waals surface area contributed by atoms with Crippen LogP contribution in [0.5, 0.6) is 0 Å². The van der Waals surface area contributed by atoms with E-state index in [1.54, 1.807) is 16.4 Å². The van der Waals surface area contributed by atoms with Crippen molar-refractivity contribution in [1.82, 2.24) is 8.87 Å². The summed E-state index contributed by atoms with van der Waals surface area (Å²) in [5.41, 5.74) is 3.81. The number of nitrogens with zero attached hydrogens (tertiary/aromatic N) is 3. The minimum atomic E-state index is -3.53. The molecular formula is C23H27N3O3S2. The highest BCUT2D eigenvalue weighted by molar-refractivity contribution is 7.89. The number of carbonyl (C=O) groups excluding carboxylic acids is 1. The molecule has 0 bridgehead atoms. The molecule has 31 heavy (non-hydrogen) atoms. The Labute approximate surface area is 186 Å². The lowest BCUT2D eigenvalue weighted by atomic mass is 10.1. The topological polar surface area (TPSA) is 71.7 Å². The monoisotopic (exact) mass is 457 g/mol. The van der Waals surface area contributed by atoms with Gasteiger partial charge in [-0.1, -0.05) is 24.2 Å². The van der Waals surface area contributed by atoms with E-state index in [1.165, 1.54) is 34.6 Å². The van der Waals surface area contributed by atoms with E-state index in [4.69, 9.17) is 0 Å². The summed E-state index contributed by atoms with van der Waals surface area (Å²) in [7, 11) is -1.63. The predicted octanol–water partition coefficient (Wildman–Crippen LogP) is 4.16. The molecule has 0 unspecified atom stereocenters. The zero-order chi connectivity index (χ0) is 22.2. The fourth-order valence-corrected chi connectivity index (χ4v) is 6.45. The van der Waals surface area contributed by atoms with E-state index >= 15 is 0 Å².